The third-order valence-corrected chi connectivity index (χ3v) is 3.24. The van der Waals surface area contributed by atoms with Crippen LogP contribution in [0.2, 0.25) is 5.02 Å². The predicted molar refractivity (Wildman–Crippen MR) is 69.6 cm³/mol. The van der Waals surface area contributed by atoms with Gasteiger partial charge in [0.05, 0.1) is 10.7 Å². The van der Waals surface area contributed by atoms with Crippen molar-refractivity contribution in [2.45, 2.75) is 13.0 Å². The Labute approximate surface area is 106 Å². The molecular formula is C12H16ClN3O. The molecule has 1 amide bonds. The SMILES string of the molecule is C[C@@H]1CN(c2ccc(C(N)=O)cc2Cl)CCN1. The number of benzene rings is 1. The highest BCUT2D eigenvalue weighted by atomic mass is 35.5. The molecule has 92 valence electrons. The number of primary amides is 1. The first kappa shape index (κ1) is 12.2. The molecule has 0 radical (unpaired) electrons. The van der Waals surface area contributed by atoms with Gasteiger partial charge >= 0.3 is 0 Å². The van der Waals surface area contributed by atoms with Crippen molar-refractivity contribution in [1.29, 1.82) is 0 Å². The van der Waals surface area contributed by atoms with Gasteiger partial charge in [-0.2, -0.15) is 0 Å². The van der Waals surface area contributed by atoms with Crippen molar-refractivity contribution >= 4 is 23.2 Å². The summed E-state index contributed by atoms with van der Waals surface area (Å²) in [5, 5.41) is 3.95. The molecule has 2 rings (SSSR count). The summed E-state index contributed by atoms with van der Waals surface area (Å²) >= 11 is 6.18. The molecule has 1 aromatic rings. The second kappa shape index (κ2) is 4.94. The van der Waals surface area contributed by atoms with Crippen molar-refractivity contribution in [1.82, 2.24) is 5.32 Å². The highest BCUT2D eigenvalue weighted by Gasteiger charge is 2.18. The maximum Gasteiger partial charge on any atom is 0.248 e. The molecule has 1 fully saturated rings. The zero-order valence-electron chi connectivity index (χ0n) is 9.74. The van der Waals surface area contributed by atoms with Gasteiger partial charge in [-0.15, -0.1) is 0 Å². The monoisotopic (exact) mass is 253 g/mol. The molecule has 1 saturated heterocycles. The molecule has 0 aliphatic carbocycles. The molecule has 0 unspecified atom stereocenters. The molecule has 1 aliphatic heterocycles. The average molecular weight is 254 g/mol. The summed E-state index contributed by atoms with van der Waals surface area (Å²) in [6.07, 6.45) is 0. The van der Waals surface area contributed by atoms with E-state index in [1.165, 1.54) is 0 Å². The van der Waals surface area contributed by atoms with Crippen LogP contribution in [0.5, 0.6) is 0 Å². The Morgan fingerprint density at radius 1 is 1.59 bits per heavy atom. The zero-order chi connectivity index (χ0) is 12.4. The van der Waals surface area contributed by atoms with E-state index in [4.69, 9.17) is 17.3 Å². The smallest absolute Gasteiger partial charge is 0.248 e. The normalized spacial score (nSPS) is 20.4. The number of nitrogens with one attached hydrogen (secondary N) is 1. The van der Waals surface area contributed by atoms with Crippen LogP contribution >= 0.6 is 11.6 Å². The number of amides is 1. The van der Waals surface area contributed by atoms with Crippen molar-refractivity contribution in [2.24, 2.45) is 5.73 Å². The maximum absolute atomic E-state index is 11.0. The van der Waals surface area contributed by atoms with Crippen molar-refractivity contribution in [2.75, 3.05) is 24.5 Å². The second-order valence-corrected chi connectivity index (χ2v) is 4.74. The topological polar surface area (TPSA) is 58.4 Å². The summed E-state index contributed by atoms with van der Waals surface area (Å²) in [7, 11) is 0. The van der Waals surface area contributed by atoms with Crippen molar-refractivity contribution in [3.63, 3.8) is 0 Å². The first-order valence-corrected chi connectivity index (χ1v) is 6.03. The van der Waals surface area contributed by atoms with E-state index in [0.29, 0.717) is 16.6 Å². The van der Waals surface area contributed by atoms with Gasteiger partial charge in [0.25, 0.3) is 0 Å². The van der Waals surface area contributed by atoms with E-state index in [9.17, 15) is 4.79 Å². The van der Waals surface area contributed by atoms with Crippen LogP contribution < -0.4 is 16.0 Å². The fraction of sp³-hybridized carbons (Fsp3) is 0.417. The standard InChI is InChI=1S/C12H16ClN3O/c1-8-7-16(5-4-15-8)11-3-2-9(12(14)17)6-10(11)13/h2-3,6,8,15H,4-5,7H2,1H3,(H2,14,17)/t8-/m1/s1. The van der Waals surface area contributed by atoms with E-state index < -0.39 is 5.91 Å². The predicted octanol–water partition coefficient (Wildman–Crippen LogP) is 1.24. The molecule has 0 bridgehead atoms. The van der Waals surface area contributed by atoms with Crippen molar-refractivity contribution < 1.29 is 4.79 Å². The van der Waals surface area contributed by atoms with Crippen LogP contribution in [-0.2, 0) is 0 Å². The molecule has 17 heavy (non-hydrogen) atoms. The van der Waals surface area contributed by atoms with Crippen molar-refractivity contribution in [3.05, 3.63) is 28.8 Å². The molecule has 0 saturated carbocycles. The van der Waals surface area contributed by atoms with Gasteiger partial charge in [-0.3, -0.25) is 4.79 Å². The van der Waals surface area contributed by atoms with E-state index in [0.717, 1.165) is 25.3 Å². The van der Waals surface area contributed by atoms with Crippen LogP contribution in [0.25, 0.3) is 0 Å². The Morgan fingerprint density at radius 2 is 2.35 bits per heavy atom. The van der Waals surface area contributed by atoms with Gasteiger partial charge in [0.2, 0.25) is 5.91 Å². The maximum atomic E-state index is 11.0. The second-order valence-electron chi connectivity index (χ2n) is 4.33. The third-order valence-electron chi connectivity index (χ3n) is 2.94. The number of nitrogens with two attached hydrogens (primary N) is 1. The fourth-order valence-electron chi connectivity index (χ4n) is 2.07. The lowest BCUT2D eigenvalue weighted by atomic mass is 10.1. The van der Waals surface area contributed by atoms with Crippen LogP contribution in [0.15, 0.2) is 18.2 Å². The number of hydrogen-bond acceptors (Lipinski definition) is 3. The lowest BCUT2D eigenvalue weighted by Gasteiger charge is -2.34. The Morgan fingerprint density at radius 3 is 2.94 bits per heavy atom. The molecule has 3 N–H and O–H groups in total. The molecule has 0 aromatic heterocycles. The number of hydrogen-bond donors (Lipinski definition) is 2. The number of piperazine rings is 1. The quantitative estimate of drug-likeness (QED) is 0.834. The van der Waals surface area contributed by atoms with E-state index >= 15 is 0 Å². The number of halogens is 1. The molecule has 4 nitrogen and oxygen atoms in total. The molecule has 1 aromatic carbocycles. The number of nitrogens with zero attached hydrogens (tertiary/aromatic N) is 1. The van der Waals surface area contributed by atoms with Gasteiger partial charge in [-0.1, -0.05) is 11.6 Å². The number of carbonyl (C=O) groups excluding carboxylic acids is 1. The van der Waals surface area contributed by atoms with Gasteiger partial charge < -0.3 is 16.0 Å². The summed E-state index contributed by atoms with van der Waals surface area (Å²) in [6.45, 7) is 4.91. The summed E-state index contributed by atoms with van der Waals surface area (Å²) in [6, 6.07) is 5.65. The van der Waals surface area contributed by atoms with Crippen LogP contribution in [-0.4, -0.2) is 31.6 Å². The van der Waals surface area contributed by atoms with Gasteiger partial charge in [0, 0.05) is 31.2 Å². The molecule has 0 spiro atoms. The number of rotatable bonds is 2. The molecule has 5 heteroatoms. The lowest BCUT2D eigenvalue weighted by molar-refractivity contribution is 0.100. The van der Waals surface area contributed by atoms with Crippen LogP contribution in [0.4, 0.5) is 5.69 Å². The van der Waals surface area contributed by atoms with E-state index in [2.05, 4.69) is 17.1 Å². The Bertz CT molecular complexity index is 436. The Balaban J connectivity index is 2.23. The molecule has 1 atom stereocenters. The minimum absolute atomic E-state index is 0.440. The van der Waals surface area contributed by atoms with Gasteiger partial charge in [0.1, 0.15) is 0 Å². The van der Waals surface area contributed by atoms with E-state index in [-0.39, 0.29) is 0 Å². The largest absolute Gasteiger partial charge is 0.368 e. The third kappa shape index (κ3) is 2.70. The minimum atomic E-state index is -0.452. The first-order valence-electron chi connectivity index (χ1n) is 5.65. The molecule has 1 aliphatic rings. The summed E-state index contributed by atoms with van der Waals surface area (Å²) < 4.78 is 0. The Hall–Kier alpha value is -1.26. The van der Waals surface area contributed by atoms with E-state index in [1.807, 2.05) is 6.07 Å². The Kier molecular flexibility index (Phi) is 3.54. The van der Waals surface area contributed by atoms with Gasteiger partial charge in [-0.05, 0) is 25.1 Å². The van der Waals surface area contributed by atoms with Crippen LogP contribution in [0, 0.1) is 0 Å². The summed E-state index contributed by atoms with van der Waals surface area (Å²) in [5.74, 6) is -0.452. The van der Waals surface area contributed by atoms with Crippen LogP contribution in [0.3, 0.4) is 0 Å². The number of anilines is 1. The lowest BCUT2D eigenvalue weighted by Crippen LogP contribution is -2.49. The fourth-order valence-corrected chi connectivity index (χ4v) is 2.37. The van der Waals surface area contributed by atoms with Gasteiger partial charge in [-0.25, -0.2) is 0 Å². The van der Waals surface area contributed by atoms with Crippen molar-refractivity contribution in [3.8, 4) is 0 Å². The summed E-state index contributed by atoms with van der Waals surface area (Å²) in [4.78, 5) is 13.2. The van der Waals surface area contributed by atoms with E-state index in [1.54, 1.807) is 12.1 Å². The minimum Gasteiger partial charge on any atom is -0.368 e. The van der Waals surface area contributed by atoms with Crippen LogP contribution in [0.1, 0.15) is 17.3 Å². The molecule has 1 heterocycles. The summed E-state index contributed by atoms with van der Waals surface area (Å²) in [5.41, 5.74) is 6.62. The highest BCUT2D eigenvalue weighted by molar-refractivity contribution is 6.33. The first-order chi connectivity index (χ1) is 8.08. The number of carbonyl (C=O) groups is 1. The average Bonchev–Trinajstić information content (AvgIpc) is 2.28. The molecular weight excluding hydrogens is 238 g/mol. The highest BCUT2D eigenvalue weighted by Crippen LogP contribution is 2.27. The van der Waals surface area contributed by atoms with Gasteiger partial charge in [0.15, 0.2) is 0 Å². The zero-order valence-corrected chi connectivity index (χ0v) is 10.5.